The van der Waals surface area contributed by atoms with Crippen LogP contribution < -0.4 is 0 Å². The van der Waals surface area contributed by atoms with Gasteiger partial charge >= 0.3 is 0 Å². The van der Waals surface area contributed by atoms with Crippen molar-refractivity contribution < 1.29 is 4.21 Å². The Hall–Kier alpha value is -2.78. The minimum atomic E-state index is -1.28. The molecule has 0 radical (unpaired) electrons. The van der Waals surface area contributed by atoms with Crippen molar-refractivity contribution >= 4 is 21.6 Å². The van der Waals surface area contributed by atoms with Crippen LogP contribution in [-0.2, 0) is 17.2 Å². The standard InChI is InChI=1S/C25H23NOS/c1-4-19-12-11-18(3)26-25(19)24-22-8-6-5-7-20(22)13-16-23(24)28(27)21-14-9-17(2)10-15-21/h5-16H,4H2,1-3H3. The number of rotatable bonds is 4. The van der Waals surface area contributed by atoms with E-state index in [2.05, 4.69) is 31.2 Å². The van der Waals surface area contributed by atoms with Gasteiger partial charge in [0.05, 0.1) is 21.4 Å². The largest absolute Gasteiger partial charge is 0.253 e. The van der Waals surface area contributed by atoms with Crippen LogP contribution in [0.5, 0.6) is 0 Å². The van der Waals surface area contributed by atoms with Gasteiger partial charge in [0.2, 0.25) is 0 Å². The average Bonchev–Trinajstić information content (AvgIpc) is 2.73. The Morgan fingerprint density at radius 1 is 0.857 bits per heavy atom. The zero-order valence-electron chi connectivity index (χ0n) is 16.4. The van der Waals surface area contributed by atoms with E-state index in [1.54, 1.807) is 0 Å². The minimum absolute atomic E-state index is 0.813. The molecule has 0 saturated heterocycles. The Labute approximate surface area is 168 Å². The van der Waals surface area contributed by atoms with Gasteiger partial charge in [0.15, 0.2) is 0 Å². The van der Waals surface area contributed by atoms with Gasteiger partial charge in [-0.25, -0.2) is 4.21 Å². The Balaban J connectivity index is 2.03. The second-order valence-electron chi connectivity index (χ2n) is 7.06. The van der Waals surface area contributed by atoms with Crippen molar-refractivity contribution in [3.8, 4) is 11.3 Å². The summed E-state index contributed by atoms with van der Waals surface area (Å²) in [5.74, 6) is 0. The molecule has 0 spiro atoms. The van der Waals surface area contributed by atoms with Crippen molar-refractivity contribution in [1.29, 1.82) is 0 Å². The molecule has 3 aromatic carbocycles. The highest BCUT2D eigenvalue weighted by atomic mass is 32.2. The lowest BCUT2D eigenvalue weighted by Gasteiger charge is -2.16. The van der Waals surface area contributed by atoms with Crippen LogP contribution in [-0.4, -0.2) is 9.19 Å². The second-order valence-corrected chi connectivity index (χ2v) is 8.50. The summed E-state index contributed by atoms with van der Waals surface area (Å²) in [4.78, 5) is 6.51. The van der Waals surface area contributed by atoms with Gasteiger partial charge in [0, 0.05) is 16.2 Å². The fourth-order valence-electron chi connectivity index (χ4n) is 3.53. The van der Waals surface area contributed by atoms with Gasteiger partial charge in [-0.3, -0.25) is 4.98 Å². The third-order valence-electron chi connectivity index (χ3n) is 5.06. The number of aromatic nitrogens is 1. The van der Waals surface area contributed by atoms with Crippen molar-refractivity contribution in [1.82, 2.24) is 4.98 Å². The summed E-state index contributed by atoms with van der Waals surface area (Å²) >= 11 is 0. The van der Waals surface area contributed by atoms with Crippen molar-refractivity contribution in [3.63, 3.8) is 0 Å². The fourth-order valence-corrected chi connectivity index (χ4v) is 4.75. The first-order valence-corrected chi connectivity index (χ1v) is 10.7. The third-order valence-corrected chi connectivity index (χ3v) is 6.50. The van der Waals surface area contributed by atoms with Crippen LogP contribution in [0.4, 0.5) is 0 Å². The predicted molar refractivity (Wildman–Crippen MR) is 117 cm³/mol. The lowest BCUT2D eigenvalue weighted by atomic mass is 9.97. The molecular weight excluding hydrogens is 362 g/mol. The summed E-state index contributed by atoms with van der Waals surface area (Å²) in [6.07, 6.45) is 0.877. The normalized spacial score (nSPS) is 12.2. The Kier molecular flexibility index (Phi) is 5.10. The quantitative estimate of drug-likeness (QED) is 0.416. The first-order valence-electron chi connectivity index (χ1n) is 9.55. The van der Waals surface area contributed by atoms with Crippen molar-refractivity contribution in [3.05, 3.63) is 89.6 Å². The maximum Gasteiger partial charge on any atom is 0.0856 e. The van der Waals surface area contributed by atoms with Gasteiger partial charge in [-0.15, -0.1) is 0 Å². The van der Waals surface area contributed by atoms with Crippen molar-refractivity contribution in [2.24, 2.45) is 0 Å². The van der Waals surface area contributed by atoms with Crippen LogP contribution in [0.2, 0.25) is 0 Å². The van der Waals surface area contributed by atoms with Crippen molar-refractivity contribution in [2.45, 2.75) is 37.0 Å². The summed E-state index contributed by atoms with van der Waals surface area (Å²) < 4.78 is 13.6. The van der Waals surface area contributed by atoms with Gasteiger partial charge in [0.1, 0.15) is 0 Å². The smallest absolute Gasteiger partial charge is 0.0856 e. The van der Waals surface area contributed by atoms with Gasteiger partial charge < -0.3 is 0 Å². The monoisotopic (exact) mass is 385 g/mol. The number of pyridine rings is 1. The Morgan fingerprint density at radius 3 is 2.36 bits per heavy atom. The SMILES string of the molecule is CCc1ccc(C)nc1-c1c(S(=O)c2ccc(C)cc2)ccc2ccccc12. The first kappa shape index (κ1) is 18.6. The second kappa shape index (κ2) is 7.69. The molecule has 4 rings (SSSR count). The number of aryl methyl sites for hydroxylation is 3. The molecule has 4 aromatic rings. The number of hydrogen-bond acceptors (Lipinski definition) is 2. The predicted octanol–water partition coefficient (Wildman–Crippen LogP) is 6.25. The first-order chi connectivity index (χ1) is 13.6. The van der Waals surface area contributed by atoms with Crippen molar-refractivity contribution in [2.75, 3.05) is 0 Å². The molecule has 1 atom stereocenters. The number of benzene rings is 3. The summed E-state index contributed by atoms with van der Waals surface area (Å²) in [5, 5.41) is 2.22. The van der Waals surface area contributed by atoms with E-state index in [1.807, 2.05) is 62.4 Å². The molecule has 0 bridgehead atoms. The van der Waals surface area contributed by atoms with Crippen LogP contribution in [0.3, 0.4) is 0 Å². The molecule has 0 saturated carbocycles. The summed E-state index contributed by atoms with van der Waals surface area (Å²) in [7, 11) is -1.28. The zero-order valence-corrected chi connectivity index (χ0v) is 17.2. The highest BCUT2D eigenvalue weighted by Gasteiger charge is 2.19. The molecule has 1 heterocycles. The number of hydrogen-bond donors (Lipinski definition) is 0. The minimum Gasteiger partial charge on any atom is -0.253 e. The third kappa shape index (κ3) is 3.38. The van der Waals surface area contributed by atoms with E-state index < -0.39 is 10.8 Å². The molecule has 1 aromatic heterocycles. The molecule has 0 N–H and O–H groups in total. The maximum atomic E-state index is 13.6. The van der Waals surface area contributed by atoms with E-state index >= 15 is 0 Å². The van der Waals surface area contributed by atoms with Crippen LogP contribution in [0.15, 0.2) is 82.6 Å². The fraction of sp³-hybridized carbons (Fsp3) is 0.160. The zero-order chi connectivity index (χ0) is 19.7. The molecule has 1 unspecified atom stereocenters. The van der Waals surface area contributed by atoms with E-state index in [9.17, 15) is 4.21 Å². The summed E-state index contributed by atoms with van der Waals surface area (Å²) in [6, 6.07) is 24.4. The molecule has 0 aliphatic heterocycles. The van der Waals surface area contributed by atoms with Gasteiger partial charge in [0.25, 0.3) is 0 Å². The Bertz CT molecular complexity index is 1180. The number of fused-ring (bicyclic) bond motifs is 1. The molecule has 0 aliphatic rings. The van der Waals surface area contributed by atoms with Crippen LogP contribution in [0.25, 0.3) is 22.0 Å². The molecule has 0 amide bonds. The van der Waals surface area contributed by atoms with Gasteiger partial charge in [-0.1, -0.05) is 61.0 Å². The molecule has 3 heteroatoms. The molecule has 140 valence electrons. The lowest BCUT2D eigenvalue weighted by Crippen LogP contribution is -2.01. The van der Waals surface area contributed by atoms with Gasteiger partial charge in [-0.2, -0.15) is 0 Å². The molecule has 0 fully saturated rings. The maximum absolute atomic E-state index is 13.6. The van der Waals surface area contributed by atoms with Crippen LogP contribution >= 0.6 is 0 Å². The van der Waals surface area contributed by atoms with E-state index in [4.69, 9.17) is 4.98 Å². The van der Waals surface area contributed by atoms with Crippen LogP contribution in [0.1, 0.15) is 23.7 Å². The summed E-state index contributed by atoms with van der Waals surface area (Å²) in [6.45, 7) is 6.18. The van der Waals surface area contributed by atoms with E-state index in [-0.39, 0.29) is 0 Å². The van der Waals surface area contributed by atoms with E-state index in [0.29, 0.717) is 0 Å². The van der Waals surface area contributed by atoms with Crippen LogP contribution in [0, 0.1) is 13.8 Å². The van der Waals surface area contributed by atoms with E-state index in [0.717, 1.165) is 49.5 Å². The molecule has 2 nitrogen and oxygen atoms in total. The highest BCUT2D eigenvalue weighted by molar-refractivity contribution is 7.85. The molecular formula is C25H23NOS. The van der Waals surface area contributed by atoms with E-state index in [1.165, 1.54) is 5.56 Å². The van der Waals surface area contributed by atoms with Gasteiger partial charge in [-0.05, 0) is 60.9 Å². The molecule has 0 aliphatic carbocycles. The number of nitrogens with zero attached hydrogens (tertiary/aromatic N) is 1. The lowest BCUT2D eigenvalue weighted by molar-refractivity contribution is 0.683. The topological polar surface area (TPSA) is 30.0 Å². The molecule has 28 heavy (non-hydrogen) atoms. The Morgan fingerprint density at radius 2 is 1.61 bits per heavy atom. The summed E-state index contributed by atoms with van der Waals surface area (Å²) in [5.41, 5.74) is 5.22. The average molecular weight is 386 g/mol. The highest BCUT2D eigenvalue weighted by Crippen LogP contribution is 2.37.